The van der Waals surface area contributed by atoms with Crippen molar-refractivity contribution in [3.05, 3.63) is 69.8 Å². The molecule has 0 aliphatic rings. The lowest BCUT2D eigenvalue weighted by molar-refractivity contribution is -0.385. The molecule has 0 bridgehead atoms. The van der Waals surface area contributed by atoms with Crippen molar-refractivity contribution in [1.82, 2.24) is 0 Å². The molecule has 0 unspecified atom stereocenters. The lowest BCUT2D eigenvalue weighted by atomic mass is 10.1. The lowest BCUT2D eigenvalue weighted by Crippen LogP contribution is -2.06. The highest BCUT2D eigenvalue weighted by atomic mass is 16.6. The van der Waals surface area contributed by atoms with Crippen LogP contribution < -0.4 is 4.74 Å². The minimum absolute atomic E-state index is 0.102. The van der Waals surface area contributed by atoms with Gasteiger partial charge in [0.15, 0.2) is 0 Å². The highest BCUT2D eigenvalue weighted by Crippen LogP contribution is 2.25. The number of carbonyl (C=O) groups is 1. The third-order valence-corrected chi connectivity index (χ3v) is 2.82. The fraction of sp³-hybridized carbons (Fsp3) is 0.133. The number of nitro benzene ring substituents is 1. The predicted octanol–water partition coefficient (Wildman–Crippen LogP) is 2.96. The van der Waals surface area contributed by atoms with Crippen LogP contribution in [-0.2, 0) is 11.3 Å². The number of methoxy groups -OCH3 is 1. The average Bonchev–Trinajstić information content (AvgIpc) is 2.52. The van der Waals surface area contributed by atoms with Crippen molar-refractivity contribution < 1.29 is 19.2 Å². The molecule has 0 aliphatic carbocycles. The average molecular weight is 287 g/mol. The monoisotopic (exact) mass is 287 g/mol. The maximum Gasteiger partial charge on any atom is 0.344 e. The summed E-state index contributed by atoms with van der Waals surface area (Å²) in [6, 6.07) is 13.5. The Morgan fingerprint density at radius 3 is 2.52 bits per heavy atom. The summed E-state index contributed by atoms with van der Waals surface area (Å²) < 4.78 is 10.0. The van der Waals surface area contributed by atoms with E-state index in [1.807, 2.05) is 30.3 Å². The van der Waals surface area contributed by atoms with Gasteiger partial charge in [-0.25, -0.2) is 4.79 Å². The molecule has 0 heterocycles. The summed E-state index contributed by atoms with van der Waals surface area (Å²) in [5, 5.41) is 11.0. The first-order valence-electron chi connectivity index (χ1n) is 6.15. The van der Waals surface area contributed by atoms with Crippen LogP contribution in [-0.4, -0.2) is 18.0 Å². The zero-order chi connectivity index (χ0) is 15.2. The number of benzene rings is 2. The molecular weight excluding hydrogens is 274 g/mol. The van der Waals surface area contributed by atoms with E-state index in [0.717, 1.165) is 5.56 Å². The standard InChI is InChI=1S/C15H13NO5/c1-20-15(17)13-8-7-12(9-14(13)16(18)19)21-10-11-5-3-2-4-6-11/h2-9H,10H2,1H3. The van der Waals surface area contributed by atoms with Crippen molar-refractivity contribution in [2.45, 2.75) is 6.61 Å². The van der Waals surface area contributed by atoms with Crippen LogP contribution in [0.25, 0.3) is 0 Å². The van der Waals surface area contributed by atoms with Gasteiger partial charge in [0, 0.05) is 0 Å². The number of rotatable bonds is 5. The second-order valence-corrected chi connectivity index (χ2v) is 4.20. The van der Waals surface area contributed by atoms with Gasteiger partial charge in [0.1, 0.15) is 17.9 Å². The van der Waals surface area contributed by atoms with Crippen molar-refractivity contribution in [3.63, 3.8) is 0 Å². The molecule has 0 N–H and O–H groups in total. The van der Waals surface area contributed by atoms with Crippen LogP contribution in [0.1, 0.15) is 15.9 Å². The van der Waals surface area contributed by atoms with E-state index in [9.17, 15) is 14.9 Å². The van der Waals surface area contributed by atoms with Gasteiger partial charge in [-0.1, -0.05) is 30.3 Å². The minimum Gasteiger partial charge on any atom is -0.489 e. The third kappa shape index (κ3) is 3.56. The van der Waals surface area contributed by atoms with Crippen LogP contribution in [0.2, 0.25) is 0 Å². The lowest BCUT2D eigenvalue weighted by Gasteiger charge is -2.07. The molecule has 0 saturated heterocycles. The topological polar surface area (TPSA) is 78.7 Å². The normalized spacial score (nSPS) is 9.95. The zero-order valence-corrected chi connectivity index (χ0v) is 11.3. The second-order valence-electron chi connectivity index (χ2n) is 4.20. The van der Waals surface area contributed by atoms with Crippen molar-refractivity contribution in [2.24, 2.45) is 0 Å². The summed E-state index contributed by atoms with van der Waals surface area (Å²) >= 11 is 0. The molecule has 0 aliphatic heterocycles. The Balaban J connectivity index is 2.20. The van der Waals surface area contributed by atoms with Crippen LogP contribution in [0.15, 0.2) is 48.5 Å². The van der Waals surface area contributed by atoms with E-state index in [0.29, 0.717) is 5.75 Å². The zero-order valence-electron chi connectivity index (χ0n) is 11.3. The number of nitro groups is 1. The summed E-state index contributed by atoms with van der Waals surface area (Å²) in [5.41, 5.74) is 0.499. The minimum atomic E-state index is -0.753. The number of nitrogens with zero attached hydrogens (tertiary/aromatic N) is 1. The van der Waals surface area contributed by atoms with E-state index in [2.05, 4.69) is 4.74 Å². The van der Waals surface area contributed by atoms with Crippen LogP contribution in [0.5, 0.6) is 5.75 Å². The Morgan fingerprint density at radius 2 is 1.90 bits per heavy atom. The summed E-state index contributed by atoms with van der Waals surface area (Å²) in [6.45, 7) is 0.287. The SMILES string of the molecule is COC(=O)c1ccc(OCc2ccccc2)cc1[N+](=O)[O-]. The fourth-order valence-corrected chi connectivity index (χ4v) is 1.78. The first kappa shape index (κ1) is 14.5. The third-order valence-electron chi connectivity index (χ3n) is 2.82. The fourth-order valence-electron chi connectivity index (χ4n) is 1.78. The van der Waals surface area contributed by atoms with Gasteiger partial charge in [-0.05, 0) is 17.7 Å². The van der Waals surface area contributed by atoms with E-state index in [4.69, 9.17) is 4.74 Å². The molecule has 0 saturated carbocycles. The molecule has 0 aromatic heterocycles. The van der Waals surface area contributed by atoms with Gasteiger partial charge < -0.3 is 9.47 Å². The van der Waals surface area contributed by atoms with E-state index >= 15 is 0 Å². The summed E-state index contributed by atoms with van der Waals surface area (Å²) in [4.78, 5) is 21.8. The Hall–Kier alpha value is -2.89. The molecule has 0 radical (unpaired) electrons. The first-order chi connectivity index (χ1) is 10.1. The van der Waals surface area contributed by atoms with E-state index < -0.39 is 10.9 Å². The van der Waals surface area contributed by atoms with Gasteiger partial charge in [0.05, 0.1) is 18.1 Å². The Kier molecular flexibility index (Phi) is 4.50. The molecule has 0 amide bonds. The van der Waals surface area contributed by atoms with E-state index in [1.54, 1.807) is 0 Å². The molecule has 6 heteroatoms. The van der Waals surface area contributed by atoms with Crippen LogP contribution >= 0.6 is 0 Å². The maximum absolute atomic E-state index is 11.5. The van der Waals surface area contributed by atoms with Gasteiger partial charge in [-0.15, -0.1) is 0 Å². The van der Waals surface area contributed by atoms with Crippen molar-refractivity contribution >= 4 is 11.7 Å². The molecule has 0 atom stereocenters. The van der Waals surface area contributed by atoms with Gasteiger partial charge >= 0.3 is 5.97 Å². The maximum atomic E-state index is 11.5. The van der Waals surface area contributed by atoms with Crippen molar-refractivity contribution in [1.29, 1.82) is 0 Å². The highest BCUT2D eigenvalue weighted by Gasteiger charge is 2.21. The summed E-state index contributed by atoms with van der Waals surface area (Å²) in [7, 11) is 1.17. The van der Waals surface area contributed by atoms with E-state index in [1.165, 1.54) is 25.3 Å². The molecule has 2 aromatic carbocycles. The Bertz CT molecular complexity index is 654. The molecule has 108 valence electrons. The van der Waals surface area contributed by atoms with Gasteiger partial charge in [0.25, 0.3) is 5.69 Å². The Morgan fingerprint density at radius 1 is 1.19 bits per heavy atom. The summed E-state index contributed by atoms with van der Waals surface area (Å²) in [6.07, 6.45) is 0. The summed E-state index contributed by atoms with van der Waals surface area (Å²) in [5.74, 6) is -0.436. The van der Waals surface area contributed by atoms with Crippen LogP contribution in [0, 0.1) is 10.1 Å². The largest absolute Gasteiger partial charge is 0.489 e. The number of carbonyl (C=O) groups excluding carboxylic acids is 1. The predicted molar refractivity (Wildman–Crippen MR) is 75.2 cm³/mol. The van der Waals surface area contributed by atoms with Gasteiger partial charge in [-0.3, -0.25) is 10.1 Å². The molecule has 21 heavy (non-hydrogen) atoms. The molecular formula is C15H13NO5. The van der Waals surface area contributed by atoms with E-state index in [-0.39, 0.29) is 17.9 Å². The number of ether oxygens (including phenoxy) is 2. The van der Waals surface area contributed by atoms with Crippen molar-refractivity contribution in [2.75, 3.05) is 7.11 Å². The molecule has 2 aromatic rings. The van der Waals surface area contributed by atoms with Crippen LogP contribution in [0.4, 0.5) is 5.69 Å². The quantitative estimate of drug-likeness (QED) is 0.480. The number of hydrogen-bond acceptors (Lipinski definition) is 5. The highest BCUT2D eigenvalue weighted by molar-refractivity contribution is 5.94. The van der Waals surface area contributed by atoms with Gasteiger partial charge in [0.2, 0.25) is 0 Å². The smallest absolute Gasteiger partial charge is 0.344 e. The molecule has 0 fully saturated rings. The molecule has 6 nitrogen and oxygen atoms in total. The van der Waals surface area contributed by atoms with Crippen LogP contribution in [0.3, 0.4) is 0 Å². The number of esters is 1. The Labute approximate surface area is 121 Å². The van der Waals surface area contributed by atoms with Gasteiger partial charge in [-0.2, -0.15) is 0 Å². The van der Waals surface area contributed by atoms with Crippen molar-refractivity contribution in [3.8, 4) is 5.75 Å². The molecule has 0 spiro atoms. The number of hydrogen-bond donors (Lipinski definition) is 0. The molecule has 2 rings (SSSR count). The first-order valence-corrected chi connectivity index (χ1v) is 6.15. The second kappa shape index (κ2) is 6.51.